The largest absolute Gasteiger partial charge is 0.291 e. The smallest absolute Gasteiger partial charge is 0.288 e. The molecule has 0 aliphatic rings. The molecule has 2 nitrogen and oxygen atoms in total. The summed E-state index contributed by atoms with van der Waals surface area (Å²) < 4.78 is 2.59. The van der Waals surface area contributed by atoms with Crippen molar-refractivity contribution >= 4 is 28.9 Å². The Kier molecular flexibility index (Phi) is 5.42. The molecule has 0 fully saturated rings. The van der Waals surface area contributed by atoms with Crippen LogP contribution in [0.2, 0.25) is 0 Å². The Hall–Kier alpha value is 0.170. The van der Waals surface area contributed by atoms with Crippen molar-refractivity contribution < 1.29 is 4.79 Å². The highest BCUT2D eigenvalue weighted by Crippen LogP contribution is 2.01. The lowest BCUT2D eigenvalue weighted by Crippen LogP contribution is -2.07. The van der Waals surface area contributed by atoms with Gasteiger partial charge < -0.3 is 0 Å². The summed E-state index contributed by atoms with van der Waals surface area (Å²) in [6, 6.07) is 0. The van der Waals surface area contributed by atoms with E-state index in [9.17, 15) is 4.79 Å². The fourth-order valence-corrected chi connectivity index (χ4v) is 1.16. The minimum Gasteiger partial charge on any atom is -0.291 e. The van der Waals surface area contributed by atoms with Crippen molar-refractivity contribution in [2.45, 2.75) is 6.92 Å². The van der Waals surface area contributed by atoms with Gasteiger partial charge in [0.1, 0.15) is 0 Å². The molecule has 0 spiro atoms. The third kappa shape index (κ3) is 4.33. The zero-order valence-corrected chi connectivity index (χ0v) is 6.56. The van der Waals surface area contributed by atoms with Gasteiger partial charge in [0.25, 0.3) is 5.24 Å². The summed E-state index contributed by atoms with van der Waals surface area (Å²) in [6.45, 7) is 1.95. The Morgan fingerprint density at radius 3 is 2.75 bits per heavy atom. The van der Waals surface area contributed by atoms with Gasteiger partial charge in [-0.15, -0.1) is 0 Å². The number of hydrogen-bond donors (Lipinski definition) is 1. The highest BCUT2D eigenvalue weighted by molar-refractivity contribution is 8.15. The second-order valence-corrected chi connectivity index (χ2v) is 2.88. The van der Waals surface area contributed by atoms with E-state index in [0.29, 0.717) is 0 Å². The molecule has 48 valence electrons. The lowest BCUT2D eigenvalue weighted by Gasteiger charge is -1.94. The molecular weight excluding hydrogens is 142 g/mol. The number of amides is 1. The van der Waals surface area contributed by atoms with Crippen molar-refractivity contribution in [3.05, 3.63) is 0 Å². The maximum absolute atomic E-state index is 10.5. The normalized spacial score (nSPS) is 8.75. The Morgan fingerprint density at radius 1 is 1.75 bits per heavy atom. The van der Waals surface area contributed by atoms with Gasteiger partial charge in [0.05, 0.1) is 0 Å². The highest BCUT2D eigenvalue weighted by Gasteiger charge is 1.94. The van der Waals surface area contributed by atoms with Crippen LogP contribution in [-0.2, 0) is 0 Å². The lowest BCUT2D eigenvalue weighted by atomic mass is 11.0. The molecule has 0 aliphatic carbocycles. The van der Waals surface area contributed by atoms with E-state index in [1.54, 1.807) is 0 Å². The van der Waals surface area contributed by atoms with E-state index in [-0.39, 0.29) is 5.24 Å². The predicted octanol–water partition coefficient (Wildman–Crippen LogP) is 1.73. The van der Waals surface area contributed by atoms with Gasteiger partial charge in [-0.05, 0) is 5.75 Å². The summed E-state index contributed by atoms with van der Waals surface area (Å²) >= 11 is 2.61. The number of thioether (sulfide) groups is 1. The Balaban J connectivity index is 3.06. The zero-order valence-electron chi connectivity index (χ0n) is 4.93. The average Bonchev–Trinajstić information content (AvgIpc) is 1.68. The number of carbonyl (C=O) groups is 1. The van der Waals surface area contributed by atoms with Crippen molar-refractivity contribution in [2.75, 3.05) is 12.0 Å². The topological polar surface area (TPSA) is 29.1 Å². The van der Waals surface area contributed by atoms with E-state index in [0.717, 1.165) is 5.75 Å². The SMILES string of the molecule is CCSC(=O)NSC. The Morgan fingerprint density at radius 2 is 2.38 bits per heavy atom. The molecule has 8 heavy (non-hydrogen) atoms. The van der Waals surface area contributed by atoms with E-state index in [1.807, 2.05) is 13.2 Å². The monoisotopic (exact) mass is 151 g/mol. The predicted molar refractivity (Wildman–Crippen MR) is 40.2 cm³/mol. The molecule has 0 aromatic carbocycles. The number of rotatable bonds is 2. The molecule has 0 saturated heterocycles. The van der Waals surface area contributed by atoms with Crippen molar-refractivity contribution in [1.82, 2.24) is 4.72 Å². The van der Waals surface area contributed by atoms with Crippen LogP contribution in [0.25, 0.3) is 0 Å². The van der Waals surface area contributed by atoms with Gasteiger partial charge in [-0.1, -0.05) is 30.6 Å². The van der Waals surface area contributed by atoms with E-state index in [2.05, 4.69) is 4.72 Å². The molecular formula is C4H9NOS2. The standard InChI is InChI=1S/C4H9NOS2/c1-3-8-4(6)5-7-2/h3H2,1-2H3,(H,5,6). The van der Waals surface area contributed by atoms with Crippen LogP contribution in [-0.4, -0.2) is 17.2 Å². The summed E-state index contributed by atoms with van der Waals surface area (Å²) in [5.41, 5.74) is 0. The van der Waals surface area contributed by atoms with Gasteiger partial charge in [-0.3, -0.25) is 9.52 Å². The molecule has 4 heteroatoms. The van der Waals surface area contributed by atoms with Crippen molar-refractivity contribution in [3.8, 4) is 0 Å². The van der Waals surface area contributed by atoms with Crippen molar-refractivity contribution in [3.63, 3.8) is 0 Å². The molecule has 0 aromatic heterocycles. The van der Waals surface area contributed by atoms with E-state index >= 15 is 0 Å². The fraction of sp³-hybridized carbons (Fsp3) is 0.750. The maximum atomic E-state index is 10.5. The van der Waals surface area contributed by atoms with Crippen LogP contribution in [0, 0.1) is 0 Å². The van der Waals surface area contributed by atoms with E-state index < -0.39 is 0 Å². The third-order valence-electron chi connectivity index (χ3n) is 0.461. The molecule has 0 heterocycles. The van der Waals surface area contributed by atoms with Crippen molar-refractivity contribution in [1.29, 1.82) is 0 Å². The highest BCUT2D eigenvalue weighted by atomic mass is 32.2. The number of hydrogen-bond acceptors (Lipinski definition) is 3. The first-order valence-corrected chi connectivity index (χ1v) is 4.48. The first kappa shape index (κ1) is 8.17. The number of nitrogens with one attached hydrogen (secondary N) is 1. The summed E-state index contributed by atoms with van der Waals surface area (Å²) in [6.07, 6.45) is 1.83. The molecule has 0 rings (SSSR count). The molecule has 0 bridgehead atoms. The molecule has 1 amide bonds. The molecule has 1 N–H and O–H groups in total. The second-order valence-electron chi connectivity index (χ2n) is 1.03. The van der Waals surface area contributed by atoms with Crippen LogP contribution in [0.1, 0.15) is 6.92 Å². The second kappa shape index (κ2) is 5.31. The molecule has 0 unspecified atom stereocenters. The molecule has 0 saturated carbocycles. The number of carbonyl (C=O) groups excluding carboxylic acids is 1. The van der Waals surface area contributed by atoms with Gasteiger partial charge in [-0.2, -0.15) is 0 Å². The average molecular weight is 151 g/mol. The fourth-order valence-electron chi connectivity index (χ4n) is 0.244. The molecule has 0 atom stereocenters. The first-order chi connectivity index (χ1) is 3.81. The maximum Gasteiger partial charge on any atom is 0.288 e. The van der Waals surface area contributed by atoms with Crippen LogP contribution in [0.5, 0.6) is 0 Å². The summed E-state index contributed by atoms with van der Waals surface area (Å²) in [5.74, 6) is 0.840. The van der Waals surface area contributed by atoms with Crippen LogP contribution >= 0.6 is 23.7 Å². The minimum absolute atomic E-state index is 0.0417. The van der Waals surface area contributed by atoms with Crippen LogP contribution < -0.4 is 4.72 Å². The van der Waals surface area contributed by atoms with Gasteiger partial charge in [-0.25, -0.2) is 0 Å². The van der Waals surface area contributed by atoms with E-state index in [4.69, 9.17) is 0 Å². The Bertz CT molecular complexity index is 68.4. The van der Waals surface area contributed by atoms with Crippen LogP contribution in [0.3, 0.4) is 0 Å². The lowest BCUT2D eigenvalue weighted by molar-refractivity contribution is 0.265. The van der Waals surface area contributed by atoms with Gasteiger partial charge >= 0.3 is 0 Å². The molecule has 0 aromatic rings. The first-order valence-electron chi connectivity index (χ1n) is 2.27. The van der Waals surface area contributed by atoms with Crippen LogP contribution in [0.15, 0.2) is 0 Å². The van der Waals surface area contributed by atoms with Gasteiger partial charge in [0.15, 0.2) is 0 Å². The third-order valence-corrected chi connectivity index (χ3v) is 1.63. The van der Waals surface area contributed by atoms with Gasteiger partial charge in [0.2, 0.25) is 0 Å². The molecule has 0 radical (unpaired) electrons. The molecule has 0 aliphatic heterocycles. The quantitative estimate of drug-likeness (QED) is 0.609. The van der Waals surface area contributed by atoms with Gasteiger partial charge in [0, 0.05) is 6.26 Å². The summed E-state index contributed by atoms with van der Waals surface area (Å²) in [5, 5.41) is 0.0417. The van der Waals surface area contributed by atoms with E-state index in [1.165, 1.54) is 23.7 Å². The Labute approximate surface area is 57.9 Å². The minimum atomic E-state index is 0.0417. The summed E-state index contributed by atoms with van der Waals surface area (Å²) in [4.78, 5) is 10.5. The zero-order chi connectivity index (χ0) is 6.41. The van der Waals surface area contributed by atoms with Crippen LogP contribution in [0.4, 0.5) is 4.79 Å². The van der Waals surface area contributed by atoms with Crippen molar-refractivity contribution in [2.24, 2.45) is 0 Å². The summed E-state index contributed by atoms with van der Waals surface area (Å²) in [7, 11) is 0.